The fourth-order valence-corrected chi connectivity index (χ4v) is 3.42. The highest BCUT2D eigenvalue weighted by atomic mass is 79.9. The minimum atomic E-state index is -0.270. The molecule has 0 saturated carbocycles. The Kier molecular flexibility index (Phi) is 4.54. The van der Waals surface area contributed by atoms with Gasteiger partial charge in [-0.2, -0.15) is 0 Å². The number of hydrogen-bond acceptors (Lipinski definition) is 4. The number of halogens is 1. The third-order valence-corrected chi connectivity index (χ3v) is 4.72. The Morgan fingerprint density at radius 1 is 0.885 bits per heavy atom. The maximum Gasteiger partial charge on any atom is 0.147 e. The first-order chi connectivity index (χ1) is 12.7. The zero-order valence-electron chi connectivity index (χ0n) is 13.8. The minimum Gasteiger partial charge on any atom is -0.505 e. The van der Waals surface area contributed by atoms with Gasteiger partial charge in [-0.1, -0.05) is 52.3 Å². The molecule has 26 heavy (non-hydrogen) atoms. The highest BCUT2D eigenvalue weighted by Crippen LogP contribution is 2.36. The lowest BCUT2D eigenvalue weighted by molar-refractivity contribution is 0.471. The Morgan fingerprint density at radius 2 is 1.77 bits per heavy atom. The lowest BCUT2D eigenvalue weighted by Crippen LogP contribution is -2.13. The van der Waals surface area contributed by atoms with Gasteiger partial charge in [-0.3, -0.25) is 4.98 Å². The van der Waals surface area contributed by atoms with Crippen molar-refractivity contribution in [2.75, 3.05) is 5.32 Å². The second-order valence-corrected chi connectivity index (χ2v) is 6.84. The number of aromatic hydroxyl groups is 1. The average Bonchev–Trinajstić information content (AvgIpc) is 2.68. The molecular formula is C21H16BrN3O. The molecule has 5 heteroatoms. The molecule has 0 aliphatic heterocycles. The average molecular weight is 406 g/mol. The number of pyridine rings is 2. The fourth-order valence-electron chi connectivity index (χ4n) is 3.00. The van der Waals surface area contributed by atoms with Gasteiger partial charge in [-0.05, 0) is 35.9 Å². The monoisotopic (exact) mass is 405 g/mol. The normalized spacial score (nSPS) is 12.0. The molecule has 0 bridgehead atoms. The van der Waals surface area contributed by atoms with Crippen molar-refractivity contribution >= 4 is 32.7 Å². The summed E-state index contributed by atoms with van der Waals surface area (Å²) in [5, 5.41) is 15.2. The molecule has 2 aromatic carbocycles. The number of fused-ring (bicyclic) bond motifs is 1. The van der Waals surface area contributed by atoms with Gasteiger partial charge in [0.15, 0.2) is 0 Å². The van der Waals surface area contributed by atoms with Crippen molar-refractivity contribution < 1.29 is 5.11 Å². The number of hydrogen-bond donors (Lipinski definition) is 2. The Balaban J connectivity index is 1.86. The van der Waals surface area contributed by atoms with E-state index in [0.717, 1.165) is 26.8 Å². The molecule has 2 aromatic heterocycles. The summed E-state index contributed by atoms with van der Waals surface area (Å²) in [7, 11) is 0. The summed E-state index contributed by atoms with van der Waals surface area (Å²) in [4.78, 5) is 8.70. The highest BCUT2D eigenvalue weighted by molar-refractivity contribution is 9.10. The summed E-state index contributed by atoms with van der Waals surface area (Å²) in [6, 6.07) is 21.1. The van der Waals surface area contributed by atoms with Crippen LogP contribution in [0.3, 0.4) is 0 Å². The molecule has 1 atom stereocenters. The summed E-state index contributed by atoms with van der Waals surface area (Å²) in [6.07, 6.45) is 3.42. The molecule has 0 fully saturated rings. The van der Waals surface area contributed by atoms with Gasteiger partial charge in [-0.15, -0.1) is 0 Å². The van der Waals surface area contributed by atoms with Gasteiger partial charge in [0.1, 0.15) is 17.1 Å². The van der Waals surface area contributed by atoms with Crippen molar-refractivity contribution in [2.45, 2.75) is 6.04 Å². The first-order valence-corrected chi connectivity index (χ1v) is 9.01. The first kappa shape index (κ1) is 16.5. The van der Waals surface area contributed by atoms with E-state index in [1.54, 1.807) is 12.4 Å². The molecule has 0 radical (unpaired) electrons. The third kappa shape index (κ3) is 3.26. The molecule has 128 valence electrons. The zero-order valence-corrected chi connectivity index (χ0v) is 15.4. The number of phenols is 1. The molecular weight excluding hydrogens is 390 g/mol. The molecule has 2 heterocycles. The predicted octanol–water partition coefficient (Wildman–Crippen LogP) is 5.30. The fraction of sp³-hybridized carbons (Fsp3) is 0.0476. The van der Waals surface area contributed by atoms with E-state index in [4.69, 9.17) is 0 Å². The minimum absolute atomic E-state index is 0.177. The van der Waals surface area contributed by atoms with Crippen molar-refractivity contribution in [3.8, 4) is 5.75 Å². The first-order valence-electron chi connectivity index (χ1n) is 8.22. The Labute approximate surface area is 159 Å². The van der Waals surface area contributed by atoms with Gasteiger partial charge < -0.3 is 10.4 Å². The molecule has 1 unspecified atom stereocenters. The maximum atomic E-state index is 10.9. The standard InChI is InChI=1S/C21H16BrN3O/c22-16-7-3-5-15(13-16)19(25-18-8-1-2-11-23-18)17-10-9-14-6-4-12-24-20(14)21(17)26/h1-13,19,26H,(H,23,25). The number of aromatic nitrogens is 2. The van der Waals surface area contributed by atoms with E-state index >= 15 is 0 Å². The van der Waals surface area contributed by atoms with E-state index in [1.165, 1.54) is 0 Å². The Bertz CT molecular complexity index is 1050. The topological polar surface area (TPSA) is 58.0 Å². The van der Waals surface area contributed by atoms with Gasteiger partial charge in [-0.25, -0.2) is 4.98 Å². The molecule has 0 saturated heterocycles. The van der Waals surface area contributed by atoms with Gasteiger partial charge in [0.2, 0.25) is 0 Å². The number of nitrogens with one attached hydrogen (secondary N) is 1. The van der Waals surface area contributed by atoms with Crippen LogP contribution in [0.4, 0.5) is 5.82 Å². The van der Waals surface area contributed by atoms with Gasteiger partial charge in [0, 0.05) is 27.8 Å². The van der Waals surface area contributed by atoms with E-state index in [2.05, 4.69) is 31.2 Å². The van der Waals surface area contributed by atoms with Crippen molar-refractivity contribution in [3.63, 3.8) is 0 Å². The summed E-state index contributed by atoms with van der Waals surface area (Å²) >= 11 is 3.53. The van der Waals surface area contributed by atoms with E-state index in [0.29, 0.717) is 5.52 Å². The quantitative estimate of drug-likeness (QED) is 0.483. The maximum absolute atomic E-state index is 10.9. The molecule has 0 amide bonds. The van der Waals surface area contributed by atoms with Gasteiger partial charge >= 0.3 is 0 Å². The Morgan fingerprint density at radius 3 is 2.58 bits per heavy atom. The zero-order chi connectivity index (χ0) is 17.9. The molecule has 0 aliphatic carbocycles. The summed E-state index contributed by atoms with van der Waals surface area (Å²) in [6.45, 7) is 0. The van der Waals surface area contributed by atoms with Crippen LogP contribution in [-0.2, 0) is 0 Å². The third-order valence-electron chi connectivity index (χ3n) is 4.23. The van der Waals surface area contributed by atoms with E-state index < -0.39 is 0 Å². The molecule has 0 aliphatic rings. The van der Waals surface area contributed by atoms with E-state index in [9.17, 15) is 5.11 Å². The summed E-state index contributed by atoms with van der Waals surface area (Å²) in [5.41, 5.74) is 2.35. The molecule has 4 rings (SSSR count). The smallest absolute Gasteiger partial charge is 0.147 e. The van der Waals surface area contributed by atoms with Crippen molar-refractivity contribution in [1.82, 2.24) is 9.97 Å². The number of anilines is 1. The molecule has 0 spiro atoms. The SMILES string of the molecule is Oc1c(C(Nc2ccccn2)c2cccc(Br)c2)ccc2cccnc12. The van der Waals surface area contributed by atoms with Crippen molar-refractivity contribution in [3.05, 3.63) is 94.7 Å². The highest BCUT2D eigenvalue weighted by Gasteiger charge is 2.20. The summed E-state index contributed by atoms with van der Waals surface area (Å²) < 4.78 is 0.973. The van der Waals surface area contributed by atoms with E-state index in [-0.39, 0.29) is 11.8 Å². The lowest BCUT2D eigenvalue weighted by atomic mass is 9.96. The van der Waals surface area contributed by atoms with Crippen LogP contribution in [0.5, 0.6) is 5.75 Å². The largest absolute Gasteiger partial charge is 0.505 e. The van der Waals surface area contributed by atoms with Crippen LogP contribution < -0.4 is 5.32 Å². The number of rotatable bonds is 4. The van der Waals surface area contributed by atoms with E-state index in [1.807, 2.05) is 66.7 Å². The number of nitrogens with zero attached hydrogens (tertiary/aromatic N) is 2. The number of benzene rings is 2. The lowest BCUT2D eigenvalue weighted by Gasteiger charge is -2.22. The van der Waals surface area contributed by atoms with Crippen LogP contribution in [0, 0.1) is 0 Å². The second-order valence-electron chi connectivity index (χ2n) is 5.93. The van der Waals surface area contributed by atoms with Crippen LogP contribution in [0.2, 0.25) is 0 Å². The predicted molar refractivity (Wildman–Crippen MR) is 107 cm³/mol. The molecule has 4 aromatic rings. The van der Waals surface area contributed by atoms with Crippen LogP contribution in [-0.4, -0.2) is 15.1 Å². The number of phenolic OH excluding ortho intramolecular Hbond substituents is 1. The van der Waals surface area contributed by atoms with Crippen molar-refractivity contribution in [2.24, 2.45) is 0 Å². The second kappa shape index (κ2) is 7.14. The van der Waals surface area contributed by atoms with Crippen LogP contribution in [0.1, 0.15) is 17.2 Å². The van der Waals surface area contributed by atoms with Crippen molar-refractivity contribution in [1.29, 1.82) is 0 Å². The Hall–Kier alpha value is -2.92. The van der Waals surface area contributed by atoms with Crippen LogP contribution >= 0.6 is 15.9 Å². The summed E-state index contributed by atoms with van der Waals surface area (Å²) in [5.74, 6) is 0.912. The molecule has 4 nitrogen and oxygen atoms in total. The molecule has 2 N–H and O–H groups in total. The van der Waals surface area contributed by atoms with Gasteiger partial charge in [0.05, 0.1) is 6.04 Å². The van der Waals surface area contributed by atoms with Crippen LogP contribution in [0.25, 0.3) is 10.9 Å². The van der Waals surface area contributed by atoms with Crippen LogP contribution in [0.15, 0.2) is 83.6 Å². The van der Waals surface area contributed by atoms with Gasteiger partial charge in [0.25, 0.3) is 0 Å².